The summed E-state index contributed by atoms with van der Waals surface area (Å²) in [7, 11) is 0. The zero-order chi connectivity index (χ0) is 14.4. The van der Waals surface area contributed by atoms with Crippen molar-refractivity contribution in [2.45, 2.75) is 6.92 Å². The van der Waals surface area contributed by atoms with Gasteiger partial charge in [0.2, 0.25) is 0 Å². The Bertz CT molecular complexity index is 579. The van der Waals surface area contributed by atoms with Gasteiger partial charge in [0.05, 0.1) is 4.47 Å². The Morgan fingerprint density at radius 2 is 1.75 bits per heavy atom. The Labute approximate surface area is 126 Å². The summed E-state index contributed by atoms with van der Waals surface area (Å²) in [5, 5.41) is 0. The Morgan fingerprint density at radius 1 is 1.05 bits per heavy atom. The number of rotatable bonds is 6. The molecule has 0 N–H and O–H groups in total. The van der Waals surface area contributed by atoms with Gasteiger partial charge in [-0.3, -0.25) is 4.79 Å². The number of hydrogen-bond donors (Lipinski definition) is 0. The SMILES string of the molecule is Cc1ccc(OCCOc2ccc(C=O)cc2Br)cc1. The Kier molecular flexibility index (Phi) is 5.18. The van der Waals surface area contributed by atoms with Gasteiger partial charge in [-0.1, -0.05) is 17.7 Å². The van der Waals surface area contributed by atoms with Crippen molar-refractivity contribution in [3.8, 4) is 11.5 Å². The van der Waals surface area contributed by atoms with Crippen LogP contribution in [-0.4, -0.2) is 19.5 Å². The van der Waals surface area contributed by atoms with Gasteiger partial charge in [0.15, 0.2) is 0 Å². The molecule has 0 spiro atoms. The van der Waals surface area contributed by atoms with E-state index in [0.29, 0.717) is 24.5 Å². The third-order valence-electron chi connectivity index (χ3n) is 2.72. The second kappa shape index (κ2) is 7.10. The molecule has 4 heteroatoms. The number of carbonyl (C=O) groups is 1. The van der Waals surface area contributed by atoms with Crippen molar-refractivity contribution in [1.29, 1.82) is 0 Å². The van der Waals surface area contributed by atoms with E-state index in [1.165, 1.54) is 5.56 Å². The van der Waals surface area contributed by atoms with Gasteiger partial charge < -0.3 is 9.47 Å². The average Bonchev–Trinajstić information content (AvgIpc) is 2.46. The molecular weight excluding hydrogens is 320 g/mol. The lowest BCUT2D eigenvalue weighted by Gasteiger charge is -2.10. The molecule has 0 amide bonds. The van der Waals surface area contributed by atoms with Gasteiger partial charge in [-0.2, -0.15) is 0 Å². The van der Waals surface area contributed by atoms with Crippen molar-refractivity contribution in [3.05, 3.63) is 58.1 Å². The van der Waals surface area contributed by atoms with E-state index in [1.54, 1.807) is 18.2 Å². The molecule has 0 aliphatic rings. The predicted octanol–water partition coefficient (Wildman–Crippen LogP) is 4.03. The van der Waals surface area contributed by atoms with E-state index in [9.17, 15) is 4.79 Å². The van der Waals surface area contributed by atoms with E-state index in [-0.39, 0.29) is 0 Å². The maximum Gasteiger partial charge on any atom is 0.150 e. The van der Waals surface area contributed by atoms with Crippen molar-refractivity contribution in [3.63, 3.8) is 0 Å². The number of aryl methyl sites for hydroxylation is 1. The summed E-state index contributed by atoms with van der Waals surface area (Å²) >= 11 is 3.37. The smallest absolute Gasteiger partial charge is 0.150 e. The molecule has 0 heterocycles. The van der Waals surface area contributed by atoms with Gasteiger partial charge in [0.25, 0.3) is 0 Å². The average molecular weight is 335 g/mol. The summed E-state index contributed by atoms with van der Waals surface area (Å²) in [6.07, 6.45) is 0.801. The molecular formula is C16H15BrO3. The van der Waals surface area contributed by atoms with Crippen LogP contribution in [0.3, 0.4) is 0 Å². The fourth-order valence-electron chi connectivity index (χ4n) is 1.65. The van der Waals surface area contributed by atoms with Crippen molar-refractivity contribution in [2.24, 2.45) is 0 Å². The van der Waals surface area contributed by atoms with Crippen molar-refractivity contribution in [1.82, 2.24) is 0 Å². The van der Waals surface area contributed by atoms with Gasteiger partial charge in [-0.25, -0.2) is 0 Å². The Balaban J connectivity index is 1.81. The molecule has 0 unspecified atom stereocenters. The predicted molar refractivity (Wildman–Crippen MR) is 81.7 cm³/mol. The summed E-state index contributed by atoms with van der Waals surface area (Å²) in [6, 6.07) is 13.1. The lowest BCUT2D eigenvalue weighted by Crippen LogP contribution is -2.09. The second-order valence-corrected chi connectivity index (χ2v) is 5.17. The molecule has 2 aromatic carbocycles. The van der Waals surface area contributed by atoms with Crippen molar-refractivity contribution in [2.75, 3.05) is 13.2 Å². The minimum Gasteiger partial charge on any atom is -0.490 e. The van der Waals surface area contributed by atoms with Crippen LogP contribution in [0.4, 0.5) is 0 Å². The summed E-state index contributed by atoms with van der Waals surface area (Å²) in [4.78, 5) is 10.6. The third kappa shape index (κ3) is 4.10. The molecule has 0 aliphatic carbocycles. The molecule has 0 saturated heterocycles. The van der Waals surface area contributed by atoms with Crippen LogP contribution in [0, 0.1) is 6.92 Å². The first-order valence-corrected chi connectivity index (χ1v) is 7.05. The molecule has 0 radical (unpaired) electrons. The van der Waals surface area contributed by atoms with Gasteiger partial charge in [-0.15, -0.1) is 0 Å². The number of halogens is 1. The largest absolute Gasteiger partial charge is 0.490 e. The minimum atomic E-state index is 0.437. The van der Waals surface area contributed by atoms with E-state index in [0.717, 1.165) is 16.5 Å². The molecule has 2 aromatic rings. The Morgan fingerprint density at radius 3 is 2.40 bits per heavy atom. The summed E-state index contributed by atoms with van der Waals surface area (Å²) in [5.74, 6) is 1.53. The second-order valence-electron chi connectivity index (χ2n) is 4.32. The van der Waals surface area contributed by atoms with Crippen molar-refractivity contribution >= 4 is 22.2 Å². The lowest BCUT2D eigenvalue weighted by atomic mass is 10.2. The Hall–Kier alpha value is -1.81. The van der Waals surface area contributed by atoms with E-state index in [1.807, 2.05) is 31.2 Å². The first-order chi connectivity index (χ1) is 9.69. The van der Waals surface area contributed by atoms with E-state index in [2.05, 4.69) is 15.9 Å². The standard InChI is InChI=1S/C16H15BrO3/c1-12-2-5-14(6-3-12)19-8-9-20-16-7-4-13(11-18)10-15(16)17/h2-7,10-11H,8-9H2,1H3. The van der Waals surface area contributed by atoms with Crippen LogP contribution < -0.4 is 9.47 Å². The highest BCUT2D eigenvalue weighted by Crippen LogP contribution is 2.25. The molecule has 20 heavy (non-hydrogen) atoms. The van der Waals surface area contributed by atoms with E-state index in [4.69, 9.17) is 9.47 Å². The highest BCUT2D eigenvalue weighted by molar-refractivity contribution is 9.10. The van der Waals surface area contributed by atoms with E-state index < -0.39 is 0 Å². The van der Waals surface area contributed by atoms with Crippen LogP contribution in [-0.2, 0) is 0 Å². The lowest BCUT2D eigenvalue weighted by molar-refractivity contribution is 0.112. The monoisotopic (exact) mass is 334 g/mol. The number of ether oxygens (including phenoxy) is 2. The number of benzene rings is 2. The number of hydrogen-bond acceptors (Lipinski definition) is 3. The molecule has 0 bridgehead atoms. The summed E-state index contributed by atoms with van der Waals surface area (Å²) in [6.45, 7) is 2.94. The van der Waals surface area contributed by atoms with Gasteiger partial charge in [0, 0.05) is 5.56 Å². The highest BCUT2D eigenvalue weighted by atomic mass is 79.9. The summed E-state index contributed by atoms with van der Waals surface area (Å²) < 4.78 is 11.9. The minimum absolute atomic E-state index is 0.437. The highest BCUT2D eigenvalue weighted by Gasteiger charge is 2.02. The molecule has 0 saturated carbocycles. The quantitative estimate of drug-likeness (QED) is 0.591. The molecule has 104 valence electrons. The maximum absolute atomic E-state index is 10.6. The zero-order valence-electron chi connectivity index (χ0n) is 11.1. The number of carbonyl (C=O) groups excluding carboxylic acids is 1. The first-order valence-electron chi connectivity index (χ1n) is 6.26. The van der Waals surface area contributed by atoms with Crippen LogP contribution in [0.25, 0.3) is 0 Å². The third-order valence-corrected chi connectivity index (χ3v) is 3.34. The maximum atomic E-state index is 10.6. The molecule has 0 aliphatic heterocycles. The van der Waals surface area contributed by atoms with Crippen LogP contribution in [0.5, 0.6) is 11.5 Å². The van der Waals surface area contributed by atoms with Crippen molar-refractivity contribution < 1.29 is 14.3 Å². The zero-order valence-corrected chi connectivity index (χ0v) is 12.7. The molecule has 0 atom stereocenters. The fourth-order valence-corrected chi connectivity index (χ4v) is 2.16. The van der Waals surface area contributed by atoms with E-state index >= 15 is 0 Å². The first kappa shape index (κ1) is 14.6. The van der Waals surface area contributed by atoms with Crippen LogP contribution in [0.15, 0.2) is 46.9 Å². The normalized spacial score (nSPS) is 10.1. The van der Waals surface area contributed by atoms with Crippen LogP contribution in [0.1, 0.15) is 15.9 Å². The number of aldehydes is 1. The molecule has 2 rings (SSSR count). The summed E-state index contributed by atoms with van der Waals surface area (Å²) in [5.41, 5.74) is 1.81. The molecule has 0 aromatic heterocycles. The van der Waals surface area contributed by atoms with Crippen LogP contribution >= 0.6 is 15.9 Å². The molecule has 0 fully saturated rings. The van der Waals surface area contributed by atoms with Gasteiger partial charge in [0.1, 0.15) is 31.0 Å². The fraction of sp³-hybridized carbons (Fsp3) is 0.188. The molecule has 3 nitrogen and oxygen atoms in total. The van der Waals surface area contributed by atoms with Crippen LogP contribution in [0.2, 0.25) is 0 Å². The van der Waals surface area contributed by atoms with Gasteiger partial charge >= 0.3 is 0 Å². The van der Waals surface area contributed by atoms with Gasteiger partial charge in [-0.05, 0) is 53.2 Å². The topological polar surface area (TPSA) is 35.5 Å².